The number of anilines is 1. The lowest BCUT2D eigenvalue weighted by Gasteiger charge is -2.12. The Balaban J connectivity index is 1.75. The summed E-state index contributed by atoms with van der Waals surface area (Å²) in [7, 11) is 0. The number of hydrogen-bond acceptors (Lipinski definition) is 4. The number of nitrogens with zero attached hydrogens (tertiary/aromatic N) is 1. The summed E-state index contributed by atoms with van der Waals surface area (Å²) in [6, 6.07) is 20.2. The first kappa shape index (κ1) is 17.0. The molecule has 2 aromatic carbocycles. The Bertz CT molecular complexity index is 911. The van der Waals surface area contributed by atoms with Crippen LogP contribution >= 0.6 is 11.8 Å². The van der Waals surface area contributed by atoms with E-state index in [1.54, 1.807) is 6.92 Å². The molecule has 0 fully saturated rings. The molecule has 0 bridgehead atoms. The van der Waals surface area contributed by atoms with Crippen LogP contribution in [-0.2, 0) is 4.79 Å². The first-order valence-electron chi connectivity index (χ1n) is 7.81. The Morgan fingerprint density at radius 2 is 1.72 bits per heavy atom. The molecule has 6 heteroatoms. The Morgan fingerprint density at radius 1 is 1.08 bits per heavy atom. The molecule has 0 unspecified atom stereocenters. The second-order valence-electron chi connectivity index (χ2n) is 5.42. The van der Waals surface area contributed by atoms with Crippen molar-refractivity contribution in [1.29, 1.82) is 0 Å². The highest BCUT2D eigenvalue weighted by Crippen LogP contribution is 2.22. The number of carbonyl (C=O) groups excluding carboxylic acids is 1. The lowest BCUT2D eigenvalue weighted by atomic mass is 10.1. The highest BCUT2D eigenvalue weighted by molar-refractivity contribution is 8.00. The number of hydrogen-bond donors (Lipinski definition) is 2. The van der Waals surface area contributed by atoms with E-state index < -0.39 is 5.25 Å². The SMILES string of the molecule is C[C@H](Sc1nc(-c2ccccc2)cc(=O)[nH]1)C(=O)Nc1ccccc1. The van der Waals surface area contributed by atoms with E-state index in [1.165, 1.54) is 17.8 Å². The van der Waals surface area contributed by atoms with Crippen LogP contribution in [0, 0.1) is 0 Å². The zero-order valence-electron chi connectivity index (χ0n) is 13.6. The maximum Gasteiger partial charge on any atom is 0.252 e. The van der Waals surface area contributed by atoms with Crippen molar-refractivity contribution in [2.75, 3.05) is 5.32 Å². The lowest BCUT2D eigenvalue weighted by Crippen LogP contribution is -2.23. The van der Waals surface area contributed by atoms with E-state index in [2.05, 4.69) is 15.3 Å². The fourth-order valence-electron chi connectivity index (χ4n) is 2.23. The van der Waals surface area contributed by atoms with Gasteiger partial charge in [-0.05, 0) is 19.1 Å². The Morgan fingerprint density at radius 3 is 2.40 bits per heavy atom. The third-order valence-electron chi connectivity index (χ3n) is 3.49. The van der Waals surface area contributed by atoms with Crippen LogP contribution in [0.25, 0.3) is 11.3 Å². The highest BCUT2D eigenvalue weighted by atomic mass is 32.2. The number of H-pyrrole nitrogens is 1. The predicted octanol–water partition coefficient (Wildman–Crippen LogP) is 3.56. The van der Waals surface area contributed by atoms with Gasteiger partial charge in [0.1, 0.15) is 0 Å². The van der Waals surface area contributed by atoms with Gasteiger partial charge in [0.05, 0.1) is 10.9 Å². The average Bonchev–Trinajstić information content (AvgIpc) is 2.63. The van der Waals surface area contributed by atoms with E-state index in [0.717, 1.165) is 11.3 Å². The average molecular weight is 351 g/mol. The second-order valence-corrected chi connectivity index (χ2v) is 6.75. The van der Waals surface area contributed by atoms with Crippen molar-refractivity contribution in [3.63, 3.8) is 0 Å². The number of nitrogens with one attached hydrogen (secondary N) is 2. The van der Waals surface area contributed by atoms with Gasteiger partial charge in [-0.2, -0.15) is 0 Å². The van der Waals surface area contributed by atoms with Gasteiger partial charge in [0.25, 0.3) is 5.56 Å². The van der Waals surface area contributed by atoms with Crippen molar-refractivity contribution in [3.8, 4) is 11.3 Å². The highest BCUT2D eigenvalue weighted by Gasteiger charge is 2.16. The van der Waals surface area contributed by atoms with Crippen LogP contribution in [0.15, 0.2) is 76.7 Å². The zero-order valence-corrected chi connectivity index (χ0v) is 14.4. The summed E-state index contributed by atoms with van der Waals surface area (Å²) in [6.07, 6.45) is 0. The van der Waals surface area contributed by atoms with Gasteiger partial charge in [0.2, 0.25) is 5.91 Å². The zero-order chi connectivity index (χ0) is 17.6. The van der Waals surface area contributed by atoms with Crippen LogP contribution in [0.3, 0.4) is 0 Å². The van der Waals surface area contributed by atoms with Crippen molar-refractivity contribution in [2.24, 2.45) is 0 Å². The van der Waals surface area contributed by atoms with Crippen molar-refractivity contribution < 1.29 is 4.79 Å². The van der Waals surface area contributed by atoms with E-state index in [0.29, 0.717) is 10.9 Å². The summed E-state index contributed by atoms with van der Waals surface area (Å²) in [5.74, 6) is -0.149. The topological polar surface area (TPSA) is 74.8 Å². The number of para-hydroxylation sites is 1. The van der Waals surface area contributed by atoms with E-state index >= 15 is 0 Å². The lowest BCUT2D eigenvalue weighted by molar-refractivity contribution is -0.115. The van der Waals surface area contributed by atoms with Gasteiger partial charge in [-0.15, -0.1) is 0 Å². The molecule has 1 amide bonds. The molecule has 3 aromatic rings. The molecule has 0 saturated heterocycles. The Labute approximate surface area is 149 Å². The summed E-state index contributed by atoms with van der Waals surface area (Å²) >= 11 is 1.22. The standard InChI is InChI=1S/C19H17N3O2S/c1-13(18(24)20-15-10-6-3-7-11-15)25-19-21-16(12-17(23)22-19)14-8-4-2-5-9-14/h2-13H,1H3,(H,20,24)(H,21,22,23)/t13-/m0/s1. The fourth-order valence-corrected chi connectivity index (χ4v) is 3.05. The van der Waals surface area contributed by atoms with E-state index in [-0.39, 0.29) is 11.5 Å². The van der Waals surface area contributed by atoms with Crippen LogP contribution in [0.2, 0.25) is 0 Å². The van der Waals surface area contributed by atoms with Crippen molar-refractivity contribution in [1.82, 2.24) is 9.97 Å². The summed E-state index contributed by atoms with van der Waals surface area (Å²) in [5.41, 5.74) is 1.94. The second kappa shape index (κ2) is 7.81. The number of amides is 1. The molecule has 1 aromatic heterocycles. The summed E-state index contributed by atoms with van der Waals surface area (Å²) in [5, 5.41) is 2.85. The molecule has 0 radical (unpaired) electrons. The molecule has 3 rings (SSSR count). The predicted molar refractivity (Wildman–Crippen MR) is 101 cm³/mol. The summed E-state index contributed by atoms with van der Waals surface area (Å²) in [6.45, 7) is 1.78. The number of aromatic amines is 1. The molecule has 0 aliphatic heterocycles. The van der Waals surface area contributed by atoms with Crippen LogP contribution in [0.4, 0.5) is 5.69 Å². The number of aromatic nitrogens is 2. The normalized spacial score (nSPS) is 11.7. The quantitative estimate of drug-likeness (QED) is 0.544. The van der Waals surface area contributed by atoms with E-state index in [4.69, 9.17) is 0 Å². The number of benzene rings is 2. The number of thioether (sulfide) groups is 1. The number of carbonyl (C=O) groups is 1. The number of rotatable bonds is 5. The van der Waals surface area contributed by atoms with Crippen LogP contribution in [-0.4, -0.2) is 21.1 Å². The maximum absolute atomic E-state index is 12.3. The van der Waals surface area contributed by atoms with Gasteiger partial charge in [0, 0.05) is 17.3 Å². The molecule has 0 aliphatic carbocycles. The molecule has 1 atom stereocenters. The Hall–Kier alpha value is -2.86. The molecule has 25 heavy (non-hydrogen) atoms. The monoisotopic (exact) mass is 351 g/mol. The van der Waals surface area contributed by atoms with E-state index in [1.807, 2.05) is 60.7 Å². The van der Waals surface area contributed by atoms with Gasteiger partial charge >= 0.3 is 0 Å². The van der Waals surface area contributed by atoms with Crippen molar-refractivity contribution in [2.45, 2.75) is 17.3 Å². The van der Waals surface area contributed by atoms with Gasteiger partial charge in [-0.1, -0.05) is 60.3 Å². The smallest absolute Gasteiger partial charge is 0.252 e. The van der Waals surface area contributed by atoms with Gasteiger partial charge in [-0.25, -0.2) is 4.98 Å². The molecular formula is C19H17N3O2S. The molecule has 2 N–H and O–H groups in total. The van der Waals surface area contributed by atoms with Crippen LogP contribution in [0.5, 0.6) is 0 Å². The summed E-state index contributed by atoms with van der Waals surface area (Å²) < 4.78 is 0. The molecular weight excluding hydrogens is 334 g/mol. The largest absolute Gasteiger partial charge is 0.325 e. The first-order chi connectivity index (χ1) is 12.1. The third-order valence-corrected chi connectivity index (χ3v) is 4.47. The van der Waals surface area contributed by atoms with Gasteiger partial charge in [-0.3, -0.25) is 9.59 Å². The van der Waals surface area contributed by atoms with Crippen molar-refractivity contribution in [3.05, 3.63) is 77.1 Å². The van der Waals surface area contributed by atoms with Gasteiger partial charge < -0.3 is 10.3 Å². The third kappa shape index (κ3) is 4.58. The Kier molecular flexibility index (Phi) is 5.30. The minimum Gasteiger partial charge on any atom is -0.325 e. The molecule has 0 spiro atoms. The first-order valence-corrected chi connectivity index (χ1v) is 8.69. The molecule has 0 aliphatic rings. The maximum atomic E-state index is 12.3. The van der Waals surface area contributed by atoms with Crippen LogP contribution in [0.1, 0.15) is 6.92 Å². The minimum absolute atomic E-state index is 0.149. The minimum atomic E-state index is -0.408. The van der Waals surface area contributed by atoms with E-state index in [9.17, 15) is 9.59 Å². The van der Waals surface area contributed by atoms with Crippen molar-refractivity contribution >= 4 is 23.4 Å². The van der Waals surface area contributed by atoms with Gasteiger partial charge in [0.15, 0.2) is 5.16 Å². The molecule has 0 saturated carbocycles. The molecule has 5 nitrogen and oxygen atoms in total. The molecule has 126 valence electrons. The molecule has 1 heterocycles. The summed E-state index contributed by atoms with van der Waals surface area (Å²) in [4.78, 5) is 31.4. The fraction of sp³-hybridized carbons (Fsp3) is 0.105. The van der Waals surface area contributed by atoms with Crippen LogP contribution < -0.4 is 10.9 Å².